The van der Waals surface area contributed by atoms with Crippen molar-refractivity contribution in [3.05, 3.63) is 6.20 Å². The molecule has 0 aromatic carbocycles. The quantitative estimate of drug-likeness (QED) is 0.474. The van der Waals surface area contributed by atoms with Crippen LogP contribution in [-0.4, -0.2) is 33.0 Å². The molecule has 16 heavy (non-hydrogen) atoms. The molecular formula is C10H15N5S. The second-order valence-electron chi connectivity index (χ2n) is 3.47. The predicted molar refractivity (Wildman–Crippen MR) is 66.9 cm³/mol. The fraction of sp³-hybridized carbons (Fsp3) is 0.500. The molecule has 0 radical (unpaired) electrons. The van der Waals surface area contributed by atoms with Gasteiger partial charge in [0.1, 0.15) is 5.82 Å². The van der Waals surface area contributed by atoms with Gasteiger partial charge in [0.2, 0.25) is 0 Å². The van der Waals surface area contributed by atoms with Gasteiger partial charge in [0.05, 0.1) is 11.6 Å². The number of hydrogen-bond donors (Lipinski definition) is 2. The van der Waals surface area contributed by atoms with E-state index in [1.165, 1.54) is 18.2 Å². The zero-order valence-corrected chi connectivity index (χ0v) is 10.3. The highest BCUT2D eigenvalue weighted by atomic mass is 32.2. The summed E-state index contributed by atoms with van der Waals surface area (Å²) in [6.07, 6.45) is 6.03. The molecule has 2 aromatic heterocycles. The highest BCUT2D eigenvalue weighted by Crippen LogP contribution is 2.21. The lowest BCUT2D eigenvalue weighted by Crippen LogP contribution is -2.04. The molecule has 2 aromatic rings. The Morgan fingerprint density at radius 2 is 2.31 bits per heavy atom. The van der Waals surface area contributed by atoms with E-state index in [1.807, 2.05) is 6.26 Å². The van der Waals surface area contributed by atoms with Gasteiger partial charge in [0.25, 0.3) is 0 Å². The first-order chi connectivity index (χ1) is 7.85. The van der Waals surface area contributed by atoms with Crippen LogP contribution in [-0.2, 0) is 0 Å². The summed E-state index contributed by atoms with van der Waals surface area (Å²) in [5.74, 6) is 0.872. The lowest BCUT2D eigenvalue weighted by atomic mass is 10.3. The molecule has 2 heterocycles. The number of rotatable bonds is 5. The molecule has 5 nitrogen and oxygen atoms in total. The van der Waals surface area contributed by atoms with E-state index >= 15 is 0 Å². The van der Waals surface area contributed by atoms with E-state index in [0.717, 1.165) is 35.0 Å². The minimum atomic E-state index is 0.760. The topological polar surface area (TPSA) is 66.5 Å². The molecule has 0 aliphatic carbocycles. The first-order valence-corrected chi connectivity index (χ1v) is 6.56. The smallest absolute Gasteiger partial charge is 0.191 e. The van der Waals surface area contributed by atoms with Crippen LogP contribution in [0.25, 0.3) is 11.0 Å². The fourth-order valence-corrected chi connectivity index (χ4v) is 1.79. The van der Waals surface area contributed by atoms with E-state index in [2.05, 4.69) is 32.4 Å². The Balaban J connectivity index is 2.29. The molecule has 0 fully saturated rings. The summed E-state index contributed by atoms with van der Waals surface area (Å²) in [6.45, 7) is 3.10. The number of H-pyrrole nitrogens is 1. The molecule has 0 saturated heterocycles. The van der Waals surface area contributed by atoms with Gasteiger partial charge in [0, 0.05) is 6.54 Å². The third kappa shape index (κ3) is 2.27. The standard InChI is InChI=1S/C10H15N5S/c1-3-4-5-11-8-7-6-12-15-9(7)14-10(13-8)16-2/h6H,3-5H2,1-2H3,(H2,11,12,13,14,15). The van der Waals surface area contributed by atoms with Crippen molar-refractivity contribution in [2.45, 2.75) is 24.9 Å². The van der Waals surface area contributed by atoms with Gasteiger partial charge in [-0.1, -0.05) is 25.1 Å². The van der Waals surface area contributed by atoms with E-state index in [0.29, 0.717) is 0 Å². The number of anilines is 1. The van der Waals surface area contributed by atoms with Gasteiger partial charge in [-0.15, -0.1) is 0 Å². The molecule has 0 aliphatic heterocycles. The number of nitrogens with zero attached hydrogens (tertiary/aromatic N) is 3. The van der Waals surface area contributed by atoms with Crippen molar-refractivity contribution in [1.82, 2.24) is 20.2 Å². The summed E-state index contributed by atoms with van der Waals surface area (Å²) in [6, 6.07) is 0. The summed E-state index contributed by atoms with van der Waals surface area (Å²) < 4.78 is 0. The molecule has 86 valence electrons. The molecule has 0 bridgehead atoms. The second kappa shape index (κ2) is 5.16. The SMILES string of the molecule is CCCCNc1nc(SC)nc2[nH]ncc12. The Morgan fingerprint density at radius 3 is 3.06 bits per heavy atom. The Bertz CT molecular complexity index is 467. The number of thioether (sulfide) groups is 1. The van der Waals surface area contributed by atoms with Crippen LogP contribution in [0.3, 0.4) is 0 Å². The molecule has 6 heteroatoms. The van der Waals surface area contributed by atoms with E-state index in [1.54, 1.807) is 6.20 Å². The van der Waals surface area contributed by atoms with Gasteiger partial charge in [-0.2, -0.15) is 5.10 Å². The van der Waals surface area contributed by atoms with Crippen LogP contribution < -0.4 is 5.32 Å². The molecule has 0 aliphatic rings. The van der Waals surface area contributed by atoms with Crippen molar-refractivity contribution >= 4 is 28.6 Å². The maximum absolute atomic E-state index is 4.44. The Kier molecular flexibility index (Phi) is 3.61. The van der Waals surface area contributed by atoms with Crippen LogP contribution in [0.5, 0.6) is 0 Å². The Hall–Kier alpha value is -1.30. The van der Waals surface area contributed by atoms with Crippen molar-refractivity contribution in [2.24, 2.45) is 0 Å². The van der Waals surface area contributed by atoms with Crippen LogP contribution in [0, 0.1) is 0 Å². The largest absolute Gasteiger partial charge is 0.369 e. The van der Waals surface area contributed by atoms with Crippen molar-refractivity contribution in [2.75, 3.05) is 18.1 Å². The maximum Gasteiger partial charge on any atom is 0.191 e. The molecule has 0 unspecified atom stereocenters. The number of fused-ring (bicyclic) bond motifs is 1. The number of aromatic amines is 1. The monoisotopic (exact) mass is 237 g/mol. The highest BCUT2D eigenvalue weighted by molar-refractivity contribution is 7.98. The Labute approximate surface area is 98.4 Å². The maximum atomic E-state index is 4.44. The van der Waals surface area contributed by atoms with Crippen molar-refractivity contribution in [3.8, 4) is 0 Å². The number of aromatic nitrogens is 4. The normalized spacial score (nSPS) is 10.9. The zero-order valence-electron chi connectivity index (χ0n) is 9.45. The molecule has 2 rings (SSSR count). The van der Waals surface area contributed by atoms with Gasteiger partial charge in [0.15, 0.2) is 10.8 Å². The van der Waals surface area contributed by atoms with E-state index in [-0.39, 0.29) is 0 Å². The van der Waals surface area contributed by atoms with E-state index < -0.39 is 0 Å². The van der Waals surface area contributed by atoms with Crippen LogP contribution >= 0.6 is 11.8 Å². The van der Waals surface area contributed by atoms with Crippen LogP contribution in [0.2, 0.25) is 0 Å². The summed E-state index contributed by atoms with van der Waals surface area (Å²) in [4.78, 5) is 8.78. The summed E-state index contributed by atoms with van der Waals surface area (Å²) in [5, 5.41) is 11.9. The van der Waals surface area contributed by atoms with Crippen molar-refractivity contribution in [1.29, 1.82) is 0 Å². The van der Waals surface area contributed by atoms with Gasteiger partial charge < -0.3 is 5.32 Å². The van der Waals surface area contributed by atoms with Crippen LogP contribution in [0.1, 0.15) is 19.8 Å². The number of hydrogen-bond acceptors (Lipinski definition) is 5. The lowest BCUT2D eigenvalue weighted by Gasteiger charge is -2.06. The van der Waals surface area contributed by atoms with Crippen LogP contribution in [0.4, 0.5) is 5.82 Å². The van der Waals surface area contributed by atoms with Gasteiger partial charge in [-0.3, -0.25) is 5.10 Å². The van der Waals surface area contributed by atoms with Gasteiger partial charge in [-0.25, -0.2) is 9.97 Å². The summed E-state index contributed by atoms with van der Waals surface area (Å²) >= 11 is 1.53. The summed E-state index contributed by atoms with van der Waals surface area (Å²) in [5.41, 5.74) is 0.790. The zero-order chi connectivity index (χ0) is 11.4. The highest BCUT2D eigenvalue weighted by Gasteiger charge is 2.07. The minimum absolute atomic E-state index is 0.760. The Morgan fingerprint density at radius 1 is 1.44 bits per heavy atom. The van der Waals surface area contributed by atoms with Gasteiger partial charge in [-0.05, 0) is 12.7 Å². The van der Waals surface area contributed by atoms with E-state index in [9.17, 15) is 0 Å². The molecule has 0 saturated carbocycles. The number of nitrogens with one attached hydrogen (secondary N) is 2. The third-order valence-corrected chi connectivity index (χ3v) is 2.84. The molecule has 0 atom stereocenters. The van der Waals surface area contributed by atoms with Crippen molar-refractivity contribution in [3.63, 3.8) is 0 Å². The third-order valence-electron chi connectivity index (χ3n) is 2.29. The summed E-state index contributed by atoms with van der Waals surface area (Å²) in [7, 11) is 0. The van der Waals surface area contributed by atoms with Crippen LogP contribution in [0.15, 0.2) is 11.4 Å². The first kappa shape index (κ1) is 11.2. The minimum Gasteiger partial charge on any atom is -0.369 e. The average Bonchev–Trinajstić information content (AvgIpc) is 2.77. The first-order valence-electron chi connectivity index (χ1n) is 5.34. The van der Waals surface area contributed by atoms with Crippen molar-refractivity contribution < 1.29 is 0 Å². The second-order valence-corrected chi connectivity index (χ2v) is 4.24. The average molecular weight is 237 g/mol. The molecular weight excluding hydrogens is 222 g/mol. The molecule has 2 N–H and O–H groups in total. The number of unbranched alkanes of at least 4 members (excludes halogenated alkanes) is 1. The van der Waals surface area contributed by atoms with Gasteiger partial charge >= 0.3 is 0 Å². The predicted octanol–water partition coefficient (Wildman–Crippen LogP) is 2.29. The fourth-order valence-electron chi connectivity index (χ4n) is 1.42. The molecule has 0 spiro atoms. The van der Waals surface area contributed by atoms with E-state index in [4.69, 9.17) is 0 Å². The lowest BCUT2D eigenvalue weighted by molar-refractivity contribution is 0.828. The molecule has 0 amide bonds.